The Kier molecular flexibility index (Phi) is 6.81. The monoisotopic (exact) mass is 249 g/mol. The molecule has 1 aromatic rings. The fraction of sp³-hybridized carbons (Fsp3) is 0.625. The maximum absolute atomic E-state index is 5.90. The molecular formula is C16H27NO. The lowest BCUT2D eigenvalue weighted by molar-refractivity contribution is 0.294. The second kappa shape index (κ2) is 8.15. The second-order valence-corrected chi connectivity index (χ2v) is 5.14. The number of ether oxygens (including phenoxy) is 1. The predicted molar refractivity (Wildman–Crippen MR) is 78.4 cm³/mol. The van der Waals surface area contributed by atoms with Gasteiger partial charge in [-0.3, -0.25) is 0 Å². The van der Waals surface area contributed by atoms with Crippen molar-refractivity contribution >= 4 is 0 Å². The summed E-state index contributed by atoms with van der Waals surface area (Å²) >= 11 is 0. The third-order valence-electron chi connectivity index (χ3n) is 3.13. The van der Waals surface area contributed by atoms with Gasteiger partial charge >= 0.3 is 0 Å². The minimum Gasteiger partial charge on any atom is -0.493 e. The summed E-state index contributed by atoms with van der Waals surface area (Å²) in [5.41, 5.74) is 1.30. The first-order chi connectivity index (χ1) is 8.65. The van der Waals surface area contributed by atoms with Crippen molar-refractivity contribution < 1.29 is 4.74 Å². The molecule has 2 nitrogen and oxygen atoms in total. The van der Waals surface area contributed by atoms with E-state index >= 15 is 0 Å². The van der Waals surface area contributed by atoms with Gasteiger partial charge in [-0.15, -0.1) is 0 Å². The first kappa shape index (κ1) is 15.0. The van der Waals surface area contributed by atoms with Crippen molar-refractivity contribution in [3.63, 3.8) is 0 Å². The summed E-state index contributed by atoms with van der Waals surface area (Å²) in [6, 6.07) is 8.93. The number of nitrogens with one attached hydrogen (secondary N) is 1. The Labute approximate surface area is 112 Å². The topological polar surface area (TPSA) is 21.3 Å². The molecule has 0 bridgehead atoms. The van der Waals surface area contributed by atoms with Crippen LogP contribution in [0.25, 0.3) is 0 Å². The van der Waals surface area contributed by atoms with Crippen LogP contribution in [0.3, 0.4) is 0 Å². The average Bonchev–Trinajstić information content (AvgIpc) is 2.35. The van der Waals surface area contributed by atoms with Gasteiger partial charge in [0.05, 0.1) is 6.61 Å². The third-order valence-corrected chi connectivity index (χ3v) is 3.13. The van der Waals surface area contributed by atoms with Crippen molar-refractivity contribution in [2.75, 3.05) is 13.2 Å². The molecule has 18 heavy (non-hydrogen) atoms. The number of para-hydroxylation sites is 1. The number of hydrogen-bond acceptors (Lipinski definition) is 2. The molecule has 1 N–H and O–H groups in total. The van der Waals surface area contributed by atoms with E-state index in [9.17, 15) is 0 Å². The van der Waals surface area contributed by atoms with Crippen molar-refractivity contribution in [1.29, 1.82) is 0 Å². The van der Waals surface area contributed by atoms with E-state index in [2.05, 4.69) is 51.2 Å². The smallest absolute Gasteiger partial charge is 0.122 e. The molecule has 0 aliphatic heterocycles. The zero-order valence-electron chi connectivity index (χ0n) is 12.2. The Morgan fingerprint density at radius 2 is 1.89 bits per heavy atom. The molecule has 102 valence electrons. The normalized spacial score (nSPS) is 12.7. The minimum atomic E-state index is 0.516. The molecule has 0 amide bonds. The van der Waals surface area contributed by atoms with E-state index < -0.39 is 0 Å². The summed E-state index contributed by atoms with van der Waals surface area (Å²) in [7, 11) is 0. The van der Waals surface area contributed by atoms with Gasteiger partial charge in [0.1, 0.15) is 5.75 Å². The fourth-order valence-corrected chi connectivity index (χ4v) is 2.11. The van der Waals surface area contributed by atoms with Crippen molar-refractivity contribution in [2.45, 2.75) is 52.5 Å². The van der Waals surface area contributed by atoms with E-state index in [1.807, 2.05) is 6.07 Å². The second-order valence-electron chi connectivity index (χ2n) is 5.14. The largest absolute Gasteiger partial charge is 0.493 e. The summed E-state index contributed by atoms with van der Waals surface area (Å²) in [5, 5.41) is 3.42. The van der Waals surface area contributed by atoms with Gasteiger partial charge in [-0.2, -0.15) is 0 Å². The first-order valence-corrected chi connectivity index (χ1v) is 7.10. The van der Waals surface area contributed by atoms with Gasteiger partial charge in [0.2, 0.25) is 0 Å². The Morgan fingerprint density at radius 3 is 2.56 bits per heavy atom. The Hall–Kier alpha value is -1.02. The van der Waals surface area contributed by atoms with Gasteiger partial charge in [0.15, 0.2) is 0 Å². The van der Waals surface area contributed by atoms with Gasteiger partial charge in [-0.1, -0.05) is 39.0 Å². The zero-order chi connectivity index (χ0) is 13.4. The van der Waals surface area contributed by atoms with Crippen LogP contribution >= 0.6 is 0 Å². The van der Waals surface area contributed by atoms with Crippen molar-refractivity contribution in [3.8, 4) is 5.75 Å². The van der Waals surface area contributed by atoms with Crippen LogP contribution in [0.4, 0.5) is 0 Å². The van der Waals surface area contributed by atoms with E-state index in [0.717, 1.165) is 31.7 Å². The maximum Gasteiger partial charge on any atom is 0.122 e. The average molecular weight is 249 g/mol. The van der Waals surface area contributed by atoms with Crippen molar-refractivity contribution in [2.24, 2.45) is 0 Å². The molecule has 1 atom stereocenters. The van der Waals surface area contributed by atoms with Gasteiger partial charge in [-0.05, 0) is 43.9 Å². The van der Waals surface area contributed by atoms with E-state index in [1.54, 1.807) is 0 Å². The maximum atomic E-state index is 5.90. The van der Waals surface area contributed by atoms with Crippen molar-refractivity contribution in [3.05, 3.63) is 29.8 Å². The molecule has 0 heterocycles. The quantitative estimate of drug-likeness (QED) is 0.704. The molecule has 0 aromatic heterocycles. The van der Waals surface area contributed by atoms with Crippen LogP contribution in [0.15, 0.2) is 24.3 Å². The molecule has 1 unspecified atom stereocenters. The molecule has 0 aliphatic rings. The Morgan fingerprint density at radius 1 is 1.17 bits per heavy atom. The summed E-state index contributed by atoms with van der Waals surface area (Å²) in [6.07, 6.45) is 2.26. The van der Waals surface area contributed by atoms with E-state index in [1.165, 1.54) is 5.56 Å². The van der Waals surface area contributed by atoms with E-state index in [4.69, 9.17) is 4.74 Å². The fourth-order valence-electron chi connectivity index (χ4n) is 2.11. The molecule has 0 saturated carbocycles. The predicted octanol–water partition coefficient (Wildman–Crippen LogP) is 3.97. The molecule has 2 heteroatoms. The van der Waals surface area contributed by atoms with Gasteiger partial charge in [-0.25, -0.2) is 0 Å². The molecule has 0 radical (unpaired) electrons. The lowest BCUT2D eigenvalue weighted by Crippen LogP contribution is -2.25. The van der Waals surface area contributed by atoms with Crippen LogP contribution < -0.4 is 10.1 Å². The highest BCUT2D eigenvalue weighted by Gasteiger charge is 2.06. The first-order valence-electron chi connectivity index (χ1n) is 7.10. The van der Waals surface area contributed by atoms with Crippen LogP contribution in [-0.2, 0) is 0 Å². The van der Waals surface area contributed by atoms with E-state index in [-0.39, 0.29) is 0 Å². The van der Waals surface area contributed by atoms with Crippen LogP contribution in [0, 0.1) is 0 Å². The lowest BCUT2D eigenvalue weighted by Gasteiger charge is -2.15. The Balaban J connectivity index is 2.35. The molecule has 1 rings (SSSR count). The third kappa shape index (κ3) is 5.09. The SMILES string of the molecule is CCNC(C)CCCOc1ccccc1C(C)C. The molecule has 0 saturated heterocycles. The van der Waals surface area contributed by atoms with Crippen LogP contribution in [0.1, 0.15) is 52.0 Å². The lowest BCUT2D eigenvalue weighted by atomic mass is 10.0. The molecule has 0 aliphatic carbocycles. The summed E-state index contributed by atoms with van der Waals surface area (Å²) < 4.78 is 5.90. The van der Waals surface area contributed by atoms with E-state index in [0.29, 0.717) is 12.0 Å². The van der Waals surface area contributed by atoms with Crippen LogP contribution in [0.5, 0.6) is 5.75 Å². The highest BCUT2D eigenvalue weighted by molar-refractivity contribution is 5.35. The summed E-state index contributed by atoms with van der Waals surface area (Å²) in [6.45, 7) is 10.6. The number of hydrogen-bond donors (Lipinski definition) is 1. The zero-order valence-corrected chi connectivity index (χ0v) is 12.2. The standard InChI is InChI=1S/C16H27NO/c1-5-17-14(4)9-8-12-18-16-11-7-6-10-15(16)13(2)3/h6-7,10-11,13-14,17H,5,8-9,12H2,1-4H3. The van der Waals surface area contributed by atoms with Crippen molar-refractivity contribution in [1.82, 2.24) is 5.32 Å². The number of benzene rings is 1. The van der Waals surface area contributed by atoms with Gasteiger partial charge < -0.3 is 10.1 Å². The summed E-state index contributed by atoms with van der Waals surface area (Å²) in [4.78, 5) is 0. The summed E-state index contributed by atoms with van der Waals surface area (Å²) in [5.74, 6) is 1.56. The molecule has 1 aromatic carbocycles. The van der Waals surface area contributed by atoms with Gasteiger partial charge in [0.25, 0.3) is 0 Å². The molecular weight excluding hydrogens is 222 g/mol. The highest BCUT2D eigenvalue weighted by atomic mass is 16.5. The molecule has 0 fully saturated rings. The highest BCUT2D eigenvalue weighted by Crippen LogP contribution is 2.25. The number of rotatable bonds is 8. The van der Waals surface area contributed by atoms with Crippen LogP contribution in [0.2, 0.25) is 0 Å². The van der Waals surface area contributed by atoms with Gasteiger partial charge in [0, 0.05) is 6.04 Å². The van der Waals surface area contributed by atoms with Crippen LogP contribution in [-0.4, -0.2) is 19.2 Å². The Bertz CT molecular complexity index is 336. The molecule has 0 spiro atoms. The minimum absolute atomic E-state index is 0.516.